The Morgan fingerprint density at radius 2 is 2.16 bits per heavy atom. The van der Waals surface area contributed by atoms with Crippen molar-refractivity contribution >= 4 is 17.4 Å². The van der Waals surface area contributed by atoms with E-state index in [0.29, 0.717) is 6.04 Å². The fourth-order valence-electron chi connectivity index (χ4n) is 2.05. The first-order valence-corrected chi connectivity index (χ1v) is 7.68. The van der Waals surface area contributed by atoms with Crippen LogP contribution in [0.2, 0.25) is 5.02 Å². The zero-order valence-corrected chi connectivity index (χ0v) is 12.7. The summed E-state index contributed by atoms with van der Waals surface area (Å²) in [6.07, 6.45) is 6.31. The molecule has 106 valence electrons. The van der Waals surface area contributed by atoms with Crippen LogP contribution in [0.3, 0.4) is 0 Å². The maximum Gasteiger partial charge on any atom is 0.128 e. The summed E-state index contributed by atoms with van der Waals surface area (Å²) in [5, 5.41) is 4.23. The van der Waals surface area contributed by atoms with E-state index in [-0.39, 0.29) is 0 Å². The molecule has 4 heteroatoms. The third-order valence-electron chi connectivity index (χ3n) is 3.53. The molecule has 0 atom stereocenters. The second-order valence-corrected chi connectivity index (χ2v) is 5.79. The maximum absolute atomic E-state index is 6.21. The van der Waals surface area contributed by atoms with E-state index in [1.807, 2.05) is 12.1 Å². The summed E-state index contributed by atoms with van der Waals surface area (Å²) < 4.78 is 0. The second-order valence-electron chi connectivity index (χ2n) is 5.38. The van der Waals surface area contributed by atoms with Crippen molar-refractivity contribution < 1.29 is 0 Å². The number of unbranched alkanes of at least 4 members (excludes halogenated alkanes) is 2. The predicted octanol–water partition coefficient (Wildman–Crippen LogP) is 3.61. The number of pyridine rings is 1. The Kier molecular flexibility index (Phi) is 5.46. The van der Waals surface area contributed by atoms with Crippen molar-refractivity contribution in [2.24, 2.45) is 0 Å². The Bertz CT molecular complexity index is 404. The number of anilines is 1. The molecule has 0 aromatic carbocycles. The van der Waals surface area contributed by atoms with Gasteiger partial charge in [0.1, 0.15) is 5.82 Å². The molecule has 1 aliphatic carbocycles. The molecule has 3 nitrogen and oxygen atoms in total. The summed E-state index contributed by atoms with van der Waals surface area (Å²) in [6.45, 7) is 4.06. The van der Waals surface area contributed by atoms with Gasteiger partial charge in [-0.15, -0.1) is 0 Å². The topological polar surface area (TPSA) is 28.2 Å². The molecule has 2 rings (SSSR count). The van der Waals surface area contributed by atoms with E-state index in [4.69, 9.17) is 11.6 Å². The van der Waals surface area contributed by atoms with Crippen LogP contribution in [0.1, 0.15) is 44.7 Å². The number of nitrogens with one attached hydrogen (secondary N) is 1. The maximum atomic E-state index is 6.21. The minimum atomic E-state index is 0.684. The number of hydrogen-bond acceptors (Lipinski definition) is 3. The molecular weight excluding hydrogens is 258 g/mol. The van der Waals surface area contributed by atoms with E-state index in [9.17, 15) is 0 Å². The van der Waals surface area contributed by atoms with Crippen molar-refractivity contribution in [2.45, 2.75) is 51.6 Å². The summed E-state index contributed by atoms with van der Waals surface area (Å²) in [4.78, 5) is 6.90. The average Bonchev–Trinajstić information content (AvgIpc) is 3.22. The van der Waals surface area contributed by atoms with Gasteiger partial charge in [-0.1, -0.05) is 31.4 Å². The smallest absolute Gasteiger partial charge is 0.128 e. The average molecular weight is 282 g/mol. The molecule has 1 saturated carbocycles. The minimum absolute atomic E-state index is 0.684. The minimum Gasteiger partial charge on any atom is -0.360 e. The van der Waals surface area contributed by atoms with Crippen LogP contribution in [-0.2, 0) is 6.54 Å². The molecule has 1 aromatic heterocycles. The van der Waals surface area contributed by atoms with Crippen molar-refractivity contribution in [1.82, 2.24) is 10.3 Å². The van der Waals surface area contributed by atoms with Crippen molar-refractivity contribution in [3.63, 3.8) is 0 Å². The van der Waals surface area contributed by atoms with Gasteiger partial charge in [-0.3, -0.25) is 0 Å². The Hall–Kier alpha value is -0.800. The SMILES string of the molecule is CCCCCN(C)c1ccc(Cl)c(CNC2CC2)n1. The molecule has 0 bridgehead atoms. The van der Waals surface area contributed by atoms with Gasteiger partial charge in [-0.25, -0.2) is 4.98 Å². The van der Waals surface area contributed by atoms with E-state index in [1.54, 1.807) is 0 Å². The van der Waals surface area contributed by atoms with Gasteiger partial charge in [-0.05, 0) is 31.4 Å². The highest BCUT2D eigenvalue weighted by Gasteiger charge is 2.20. The lowest BCUT2D eigenvalue weighted by atomic mass is 10.2. The van der Waals surface area contributed by atoms with Crippen LogP contribution in [0.5, 0.6) is 0 Å². The van der Waals surface area contributed by atoms with Crippen LogP contribution in [0.4, 0.5) is 5.82 Å². The van der Waals surface area contributed by atoms with Crippen molar-refractivity contribution in [2.75, 3.05) is 18.5 Å². The van der Waals surface area contributed by atoms with Crippen LogP contribution in [-0.4, -0.2) is 24.6 Å². The van der Waals surface area contributed by atoms with Gasteiger partial charge in [0, 0.05) is 26.2 Å². The molecule has 0 unspecified atom stereocenters. The molecule has 1 aromatic rings. The lowest BCUT2D eigenvalue weighted by molar-refractivity contribution is 0.669. The summed E-state index contributed by atoms with van der Waals surface area (Å²) in [7, 11) is 2.10. The predicted molar refractivity (Wildman–Crippen MR) is 81.9 cm³/mol. The highest BCUT2D eigenvalue weighted by atomic mass is 35.5. The van der Waals surface area contributed by atoms with Crippen molar-refractivity contribution in [3.8, 4) is 0 Å². The molecule has 1 heterocycles. The zero-order chi connectivity index (χ0) is 13.7. The first-order valence-electron chi connectivity index (χ1n) is 7.30. The van der Waals surface area contributed by atoms with Crippen LogP contribution in [0.25, 0.3) is 0 Å². The normalized spacial score (nSPS) is 14.7. The van der Waals surface area contributed by atoms with E-state index in [0.717, 1.165) is 29.6 Å². The third kappa shape index (κ3) is 4.66. The molecular formula is C15H24ClN3. The Morgan fingerprint density at radius 3 is 2.84 bits per heavy atom. The molecule has 19 heavy (non-hydrogen) atoms. The van der Waals surface area contributed by atoms with Gasteiger partial charge >= 0.3 is 0 Å². The zero-order valence-electron chi connectivity index (χ0n) is 12.0. The molecule has 1 aliphatic rings. The highest BCUT2D eigenvalue weighted by molar-refractivity contribution is 6.31. The Labute approximate surface area is 121 Å². The first kappa shape index (κ1) is 14.6. The molecule has 1 fully saturated rings. The molecule has 1 N–H and O–H groups in total. The first-order chi connectivity index (χ1) is 9.20. The molecule has 0 radical (unpaired) electrons. The van der Waals surface area contributed by atoms with Gasteiger partial charge in [0.2, 0.25) is 0 Å². The Balaban J connectivity index is 1.93. The quantitative estimate of drug-likeness (QED) is 0.738. The van der Waals surface area contributed by atoms with Crippen molar-refractivity contribution in [1.29, 1.82) is 0 Å². The van der Waals surface area contributed by atoms with Gasteiger partial charge in [0.05, 0.1) is 10.7 Å². The lowest BCUT2D eigenvalue weighted by Crippen LogP contribution is -2.21. The number of hydrogen-bond donors (Lipinski definition) is 1. The van der Waals surface area contributed by atoms with E-state index in [1.165, 1.54) is 32.1 Å². The van der Waals surface area contributed by atoms with Gasteiger partial charge in [0.15, 0.2) is 0 Å². The number of halogens is 1. The highest BCUT2D eigenvalue weighted by Crippen LogP contribution is 2.22. The van der Waals surface area contributed by atoms with Crippen LogP contribution in [0, 0.1) is 0 Å². The number of rotatable bonds is 8. The molecule has 0 saturated heterocycles. The lowest BCUT2D eigenvalue weighted by Gasteiger charge is -2.19. The number of nitrogens with zero attached hydrogens (tertiary/aromatic N) is 2. The monoisotopic (exact) mass is 281 g/mol. The van der Waals surface area contributed by atoms with Gasteiger partial charge < -0.3 is 10.2 Å². The largest absolute Gasteiger partial charge is 0.360 e. The van der Waals surface area contributed by atoms with E-state index < -0.39 is 0 Å². The van der Waals surface area contributed by atoms with Crippen molar-refractivity contribution in [3.05, 3.63) is 22.8 Å². The van der Waals surface area contributed by atoms with E-state index >= 15 is 0 Å². The van der Waals surface area contributed by atoms with E-state index in [2.05, 4.69) is 29.2 Å². The number of aromatic nitrogens is 1. The standard InChI is InChI=1S/C15H24ClN3/c1-3-4-5-10-19(2)15-9-8-13(16)14(18-15)11-17-12-6-7-12/h8-9,12,17H,3-7,10-11H2,1-2H3. The summed E-state index contributed by atoms with van der Waals surface area (Å²) in [5.41, 5.74) is 0.966. The third-order valence-corrected chi connectivity index (χ3v) is 3.87. The van der Waals surface area contributed by atoms with Crippen LogP contribution >= 0.6 is 11.6 Å². The fourth-order valence-corrected chi connectivity index (χ4v) is 2.22. The Morgan fingerprint density at radius 1 is 1.37 bits per heavy atom. The van der Waals surface area contributed by atoms with Crippen LogP contribution < -0.4 is 10.2 Å². The molecule has 0 amide bonds. The van der Waals surface area contributed by atoms with Gasteiger partial charge in [-0.2, -0.15) is 0 Å². The summed E-state index contributed by atoms with van der Waals surface area (Å²) in [6, 6.07) is 4.66. The fraction of sp³-hybridized carbons (Fsp3) is 0.667. The molecule has 0 spiro atoms. The summed E-state index contributed by atoms with van der Waals surface area (Å²) >= 11 is 6.21. The van der Waals surface area contributed by atoms with Gasteiger partial charge in [0.25, 0.3) is 0 Å². The molecule has 0 aliphatic heterocycles. The second kappa shape index (κ2) is 7.11. The van der Waals surface area contributed by atoms with Crippen LogP contribution in [0.15, 0.2) is 12.1 Å². The summed E-state index contributed by atoms with van der Waals surface area (Å²) in [5.74, 6) is 1.02.